The van der Waals surface area contributed by atoms with Crippen LogP contribution in [-0.2, 0) is 24.8 Å². The van der Waals surface area contributed by atoms with Crippen LogP contribution in [0.4, 0.5) is 26.3 Å². The number of hydrogen-bond acceptors (Lipinski definition) is 5. The van der Waals surface area contributed by atoms with Crippen molar-refractivity contribution in [2.24, 2.45) is 0 Å². The molecule has 1 atom stereocenters. The number of alkyl halides is 6. The van der Waals surface area contributed by atoms with Crippen LogP contribution in [0.15, 0.2) is 12.2 Å². The molecule has 1 aliphatic rings. The Labute approximate surface area is 107 Å². The smallest absolute Gasteiger partial charge is 0.427 e. The van der Waals surface area contributed by atoms with E-state index in [2.05, 4.69) is 0 Å². The van der Waals surface area contributed by atoms with Gasteiger partial charge in [0.25, 0.3) is 0 Å². The summed E-state index contributed by atoms with van der Waals surface area (Å²) < 4.78 is 114. The fourth-order valence-electron chi connectivity index (χ4n) is 1.13. The molecule has 14 heteroatoms. The number of carbonyl (C=O) groups is 1. The molecule has 0 aromatic carbocycles. The van der Waals surface area contributed by atoms with E-state index < -0.39 is 42.3 Å². The third-order valence-corrected chi connectivity index (χ3v) is 5.69. The summed E-state index contributed by atoms with van der Waals surface area (Å²) in [7, 11) is -13.1. The number of carbonyl (C=O) groups excluding carboxylic acids is 1. The van der Waals surface area contributed by atoms with E-state index in [9.17, 15) is 48.0 Å². The van der Waals surface area contributed by atoms with E-state index in [0.717, 1.165) is 0 Å². The summed E-state index contributed by atoms with van der Waals surface area (Å²) in [5.74, 6) is -2.13. The molecule has 0 N–H and O–H groups in total. The Kier molecular flexibility index (Phi) is 3.53. The highest BCUT2D eigenvalue weighted by atomic mass is 32.3. The standard InChI is InChI=1S/C6H2F6NO5S2/c7-5(8,9)4(2-1-3(4)14)19(15,16)13-20(17,18)6(10,11)12/h1-2H/q-1. The molecular formula is C6H2F6NO5S2-. The summed E-state index contributed by atoms with van der Waals surface area (Å²) in [6.07, 6.45) is -6.01. The van der Waals surface area contributed by atoms with Crippen LogP contribution in [0.3, 0.4) is 0 Å². The zero-order valence-corrected chi connectivity index (χ0v) is 10.4. The van der Waals surface area contributed by atoms with Gasteiger partial charge in [-0.1, -0.05) is 0 Å². The first-order chi connectivity index (χ1) is 8.58. The van der Waals surface area contributed by atoms with Crippen LogP contribution < -0.4 is 0 Å². The van der Waals surface area contributed by atoms with E-state index in [0.29, 0.717) is 0 Å². The Morgan fingerprint density at radius 3 is 1.65 bits per heavy atom. The Morgan fingerprint density at radius 1 is 1.00 bits per heavy atom. The molecule has 0 aromatic rings. The first-order valence-corrected chi connectivity index (χ1v) is 7.07. The Bertz CT molecular complexity index is 672. The molecule has 0 spiro atoms. The van der Waals surface area contributed by atoms with Crippen molar-refractivity contribution < 1.29 is 48.0 Å². The predicted octanol–water partition coefficient (Wildman–Crippen LogP) is 0.980. The maximum atomic E-state index is 12.6. The molecule has 0 radical (unpaired) electrons. The summed E-state index contributed by atoms with van der Waals surface area (Å²) in [5.41, 5.74) is -6.22. The number of halogens is 6. The van der Waals surface area contributed by atoms with Crippen molar-refractivity contribution in [1.82, 2.24) is 0 Å². The lowest BCUT2D eigenvalue weighted by Crippen LogP contribution is -2.60. The summed E-state index contributed by atoms with van der Waals surface area (Å²) in [5, 5.41) is 0. The van der Waals surface area contributed by atoms with E-state index in [1.54, 1.807) is 0 Å². The van der Waals surface area contributed by atoms with Gasteiger partial charge < -0.3 is 4.13 Å². The van der Waals surface area contributed by atoms with E-state index in [-0.39, 0.29) is 12.2 Å². The Morgan fingerprint density at radius 2 is 1.45 bits per heavy atom. The van der Waals surface area contributed by atoms with Gasteiger partial charge >= 0.3 is 11.7 Å². The highest BCUT2D eigenvalue weighted by Gasteiger charge is 2.67. The molecule has 0 bridgehead atoms. The molecular weight excluding hydrogens is 344 g/mol. The van der Waals surface area contributed by atoms with Gasteiger partial charge in [0.15, 0.2) is 15.8 Å². The van der Waals surface area contributed by atoms with Crippen LogP contribution in [0.5, 0.6) is 0 Å². The lowest BCUT2D eigenvalue weighted by Gasteiger charge is -2.40. The molecule has 0 aromatic heterocycles. The second-order valence-electron chi connectivity index (χ2n) is 3.40. The third-order valence-electron chi connectivity index (χ3n) is 2.15. The van der Waals surface area contributed by atoms with Crippen molar-refractivity contribution in [3.05, 3.63) is 16.3 Å². The average molecular weight is 346 g/mol. The molecule has 0 saturated heterocycles. The number of rotatable bonds is 3. The minimum atomic E-state index is -6.75. The molecule has 20 heavy (non-hydrogen) atoms. The lowest BCUT2D eigenvalue weighted by molar-refractivity contribution is -0.163. The van der Waals surface area contributed by atoms with Crippen molar-refractivity contribution >= 4 is 25.8 Å². The van der Waals surface area contributed by atoms with Gasteiger partial charge in [-0.05, 0) is 12.2 Å². The molecule has 0 heterocycles. The average Bonchev–Trinajstić information content (AvgIpc) is 2.08. The molecule has 0 amide bonds. The zero-order valence-electron chi connectivity index (χ0n) is 8.73. The van der Waals surface area contributed by atoms with Gasteiger partial charge in [-0.15, -0.1) is 0 Å². The van der Waals surface area contributed by atoms with Gasteiger partial charge in [-0.3, -0.25) is 4.79 Å². The highest BCUT2D eigenvalue weighted by molar-refractivity contribution is 8.13. The molecule has 0 fully saturated rings. The van der Waals surface area contributed by atoms with Crippen LogP contribution in [0.2, 0.25) is 0 Å². The third kappa shape index (κ3) is 2.20. The highest BCUT2D eigenvalue weighted by Crippen LogP contribution is 2.47. The van der Waals surface area contributed by atoms with Crippen molar-refractivity contribution in [2.45, 2.75) is 16.4 Å². The molecule has 6 nitrogen and oxygen atoms in total. The lowest BCUT2D eigenvalue weighted by atomic mass is 9.92. The second-order valence-corrected chi connectivity index (χ2v) is 7.00. The number of ketones is 1. The molecule has 116 valence electrons. The number of allylic oxidation sites excluding steroid dienone is 1. The summed E-state index contributed by atoms with van der Waals surface area (Å²) >= 11 is 0. The maximum absolute atomic E-state index is 12.6. The van der Waals surface area contributed by atoms with Gasteiger partial charge in [0, 0.05) is 0 Å². The van der Waals surface area contributed by atoms with E-state index in [4.69, 9.17) is 0 Å². The summed E-state index contributed by atoms with van der Waals surface area (Å²) in [4.78, 5) is 10.9. The topological polar surface area (TPSA) is 99.4 Å². The first-order valence-electron chi connectivity index (χ1n) is 4.19. The van der Waals surface area contributed by atoms with Gasteiger partial charge in [0.1, 0.15) is 10.0 Å². The largest absolute Gasteiger partial charge is 0.480 e. The number of hydrogen-bond donors (Lipinski definition) is 0. The predicted molar refractivity (Wildman–Crippen MR) is 50.2 cm³/mol. The quantitative estimate of drug-likeness (QED) is 0.709. The molecule has 0 saturated carbocycles. The fraction of sp³-hybridized carbons (Fsp3) is 0.500. The van der Waals surface area contributed by atoms with E-state index in [1.165, 1.54) is 4.13 Å². The van der Waals surface area contributed by atoms with Crippen LogP contribution in [0, 0.1) is 0 Å². The summed E-state index contributed by atoms with van der Waals surface area (Å²) in [6.45, 7) is 0. The summed E-state index contributed by atoms with van der Waals surface area (Å²) in [6, 6.07) is 0. The SMILES string of the molecule is O=C1C=CC1(C(F)(F)F)S(=O)(=O)[N-]S(=O)(=O)C(F)(F)F. The number of sulfonamides is 2. The van der Waals surface area contributed by atoms with Gasteiger partial charge in [0.2, 0.25) is 4.75 Å². The second kappa shape index (κ2) is 4.17. The normalized spacial score (nSPS) is 24.6. The van der Waals surface area contributed by atoms with Crippen LogP contribution in [0.1, 0.15) is 0 Å². The van der Waals surface area contributed by atoms with Crippen LogP contribution >= 0.6 is 0 Å². The van der Waals surface area contributed by atoms with Crippen molar-refractivity contribution in [3.63, 3.8) is 0 Å². The first kappa shape index (κ1) is 16.9. The van der Waals surface area contributed by atoms with Gasteiger partial charge in [-0.25, -0.2) is 16.8 Å². The minimum absolute atomic E-state index is 0.126. The maximum Gasteiger partial charge on any atom is 0.480 e. The monoisotopic (exact) mass is 346 g/mol. The van der Waals surface area contributed by atoms with E-state index >= 15 is 0 Å². The Balaban J connectivity index is 3.40. The molecule has 1 aliphatic carbocycles. The number of nitrogens with zero attached hydrogens (tertiary/aromatic N) is 1. The van der Waals surface area contributed by atoms with Crippen molar-refractivity contribution in [1.29, 1.82) is 0 Å². The minimum Gasteiger partial charge on any atom is -0.427 e. The van der Waals surface area contributed by atoms with Crippen molar-refractivity contribution in [2.75, 3.05) is 0 Å². The van der Waals surface area contributed by atoms with E-state index in [1.807, 2.05) is 0 Å². The van der Waals surface area contributed by atoms with Crippen LogP contribution in [0.25, 0.3) is 4.13 Å². The van der Waals surface area contributed by atoms with Crippen molar-refractivity contribution in [3.8, 4) is 0 Å². The molecule has 0 aliphatic heterocycles. The Hall–Kier alpha value is -1.15. The fourth-order valence-corrected chi connectivity index (χ4v) is 3.82. The zero-order chi connectivity index (χ0) is 16.2. The van der Waals surface area contributed by atoms with Crippen LogP contribution in [-0.4, -0.2) is 39.1 Å². The molecule has 1 rings (SSSR count). The molecule has 1 unspecified atom stereocenters. The van der Waals surface area contributed by atoms with Gasteiger partial charge in [0.05, 0.1) is 0 Å². The van der Waals surface area contributed by atoms with Gasteiger partial charge in [-0.2, -0.15) is 26.3 Å².